The first kappa shape index (κ1) is 10.4. The van der Waals surface area contributed by atoms with E-state index < -0.39 is 0 Å². The van der Waals surface area contributed by atoms with Gasteiger partial charge in [0.05, 0.1) is 17.4 Å². The van der Waals surface area contributed by atoms with Crippen molar-refractivity contribution < 1.29 is 0 Å². The van der Waals surface area contributed by atoms with E-state index >= 15 is 0 Å². The molecule has 1 heterocycles. The number of aromatic amines is 1. The Morgan fingerprint density at radius 3 is 2.88 bits per heavy atom. The Kier molecular flexibility index (Phi) is 2.72. The molecular weight excluding hydrogens is 204 g/mol. The van der Waals surface area contributed by atoms with Crippen molar-refractivity contribution in [3.8, 4) is 0 Å². The van der Waals surface area contributed by atoms with Crippen LogP contribution >= 0.6 is 0 Å². The molecule has 0 bridgehead atoms. The Labute approximate surface area is 93.2 Å². The van der Waals surface area contributed by atoms with E-state index in [1.54, 1.807) is 0 Å². The molecule has 1 aromatic heterocycles. The molecule has 4 N–H and O–H groups in total. The van der Waals surface area contributed by atoms with Gasteiger partial charge < -0.3 is 11.1 Å². The van der Waals surface area contributed by atoms with Gasteiger partial charge in [0.25, 0.3) is 0 Å². The normalized spacial score (nSPS) is 12.4. The molecule has 1 unspecified atom stereocenters. The van der Waals surface area contributed by atoms with Crippen molar-refractivity contribution in [2.75, 3.05) is 11.1 Å². The lowest BCUT2D eigenvalue weighted by Gasteiger charge is -2.13. The molecular formula is C10H14N6. The second-order valence-electron chi connectivity index (χ2n) is 3.73. The number of nitrogens with one attached hydrogen (secondary N) is 2. The summed E-state index contributed by atoms with van der Waals surface area (Å²) in [4.78, 5) is 0. The second-order valence-corrected chi connectivity index (χ2v) is 3.73. The van der Waals surface area contributed by atoms with Crippen molar-refractivity contribution in [3.63, 3.8) is 0 Å². The van der Waals surface area contributed by atoms with Crippen LogP contribution in [0.15, 0.2) is 18.2 Å². The van der Waals surface area contributed by atoms with Crippen molar-refractivity contribution in [1.29, 1.82) is 0 Å². The first-order chi connectivity index (χ1) is 7.66. The van der Waals surface area contributed by atoms with Crippen LogP contribution in [0.4, 0.5) is 11.4 Å². The molecule has 0 aliphatic heterocycles. The summed E-state index contributed by atoms with van der Waals surface area (Å²) in [6.07, 6.45) is 0. The summed E-state index contributed by atoms with van der Waals surface area (Å²) in [5.74, 6) is 0.611. The molecule has 1 aromatic carbocycles. The molecule has 2 rings (SSSR count). The van der Waals surface area contributed by atoms with Crippen LogP contribution in [0.2, 0.25) is 0 Å². The first-order valence-electron chi connectivity index (χ1n) is 5.03. The molecule has 6 heteroatoms. The molecule has 0 saturated carbocycles. The molecule has 0 radical (unpaired) electrons. The van der Waals surface area contributed by atoms with E-state index in [1.807, 2.05) is 32.0 Å². The van der Waals surface area contributed by atoms with Crippen LogP contribution in [0, 0.1) is 6.92 Å². The average Bonchev–Trinajstić information content (AvgIpc) is 2.75. The third-order valence-electron chi connectivity index (χ3n) is 2.33. The summed E-state index contributed by atoms with van der Waals surface area (Å²) in [6, 6.07) is 5.83. The minimum absolute atomic E-state index is 0.0382. The van der Waals surface area contributed by atoms with E-state index in [0.29, 0.717) is 5.82 Å². The van der Waals surface area contributed by atoms with Crippen molar-refractivity contribution >= 4 is 11.4 Å². The van der Waals surface area contributed by atoms with Gasteiger partial charge in [0.2, 0.25) is 0 Å². The number of aryl methyl sites for hydroxylation is 1. The lowest BCUT2D eigenvalue weighted by Crippen LogP contribution is -2.10. The number of rotatable bonds is 3. The molecule has 0 saturated heterocycles. The number of hydrogen-bond donors (Lipinski definition) is 3. The zero-order chi connectivity index (χ0) is 11.5. The number of nitrogens with zero attached hydrogens (tertiary/aromatic N) is 3. The Morgan fingerprint density at radius 1 is 1.44 bits per heavy atom. The van der Waals surface area contributed by atoms with E-state index in [2.05, 4.69) is 25.9 Å². The molecule has 0 aliphatic rings. The highest BCUT2D eigenvalue weighted by atomic mass is 15.5. The standard InChI is InChI=1S/C10H14N6/c1-6-3-4-9(8(11)5-6)12-7(2)10-13-15-16-14-10/h3-5,7,12H,11H2,1-2H3,(H,13,14,15,16). The van der Waals surface area contributed by atoms with Gasteiger partial charge in [-0.25, -0.2) is 0 Å². The van der Waals surface area contributed by atoms with E-state index in [9.17, 15) is 0 Å². The smallest absolute Gasteiger partial charge is 0.196 e. The number of H-pyrrole nitrogens is 1. The van der Waals surface area contributed by atoms with Crippen LogP contribution in [-0.4, -0.2) is 20.6 Å². The fraction of sp³-hybridized carbons (Fsp3) is 0.300. The SMILES string of the molecule is Cc1ccc(NC(C)c2nn[nH]n2)c(N)c1. The van der Waals surface area contributed by atoms with Crippen molar-refractivity contribution in [2.45, 2.75) is 19.9 Å². The minimum atomic E-state index is -0.0382. The fourth-order valence-electron chi connectivity index (χ4n) is 1.46. The molecule has 84 valence electrons. The zero-order valence-corrected chi connectivity index (χ0v) is 9.23. The van der Waals surface area contributed by atoms with Crippen LogP contribution in [0.1, 0.15) is 24.4 Å². The molecule has 16 heavy (non-hydrogen) atoms. The Hall–Kier alpha value is -2.11. The number of anilines is 2. The van der Waals surface area contributed by atoms with E-state index in [4.69, 9.17) is 5.73 Å². The monoisotopic (exact) mass is 218 g/mol. The summed E-state index contributed by atoms with van der Waals surface area (Å²) in [5, 5.41) is 17.0. The van der Waals surface area contributed by atoms with Crippen LogP contribution < -0.4 is 11.1 Å². The van der Waals surface area contributed by atoms with Crippen molar-refractivity contribution in [3.05, 3.63) is 29.6 Å². The summed E-state index contributed by atoms with van der Waals surface area (Å²) >= 11 is 0. The predicted molar refractivity (Wildman–Crippen MR) is 61.8 cm³/mol. The maximum atomic E-state index is 5.90. The van der Waals surface area contributed by atoms with Crippen LogP contribution in [0.3, 0.4) is 0 Å². The average molecular weight is 218 g/mol. The van der Waals surface area contributed by atoms with Crippen LogP contribution in [0.25, 0.3) is 0 Å². The molecule has 2 aromatic rings. The maximum Gasteiger partial charge on any atom is 0.196 e. The Balaban J connectivity index is 2.15. The maximum absolute atomic E-state index is 5.90. The predicted octanol–water partition coefficient (Wildman–Crippen LogP) is 1.26. The quantitative estimate of drug-likeness (QED) is 0.674. The van der Waals surface area contributed by atoms with Gasteiger partial charge in [-0.3, -0.25) is 0 Å². The van der Waals surface area contributed by atoms with Crippen molar-refractivity contribution in [2.24, 2.45) is 0 Å². The van der Waals surface area contributed by atoms with Crippen LogP contribution in [-0.2, 0) is 0 Å². The molecule has 0 fully saturated rings. The zero-order valence-electron chi connectivity index (χ0n) is 9.23. The van der Waals surface area contributed by atoms with Gasteiger partial charge in [-0.05, 0) is 31.5 Å². The van der Waals surface area contributed by atoms with Gasteiger partial charge in [-0.1, -0.05) is 11.3 Å². The highest BCUT2D eigenvalue weighted by Gasteiger charge is 2.10. The summed E-state index contributed by atoms with van der Waals surface area (Å²) in [5.41, 5.74) is 8.63. The van der Waals surface area contributed by atoms with Gasteiger partial charge in [-0.15, -0.1) is 10.2 Å². The van der Waals surface area contributed by atoms with Crippen LogP contribution in [0.5, 0.6) is 0 Å². The fourth-order valence-corrected chi connectivity index (χ4v) is 1.46. The topological polar surface area (TPSA) is 92.5 Å². The number of aromatic nitrogens is 4. The van der Waals surface area contributed by atoms with Gasteiger partial charge in [0.1, 0.15) is 0 Å². The first-order valence-corrected chi connectivity index (χ1v) is 5.03. The van der Waals surface area contributed by atoms with Crippen molar-refractivity contribution in [1.82, 2.24) is 20.6 Å². The number of hydrogen-bond acceptors (Lipinski definition) is 5. The highest BCUT2D eigenvalue weighted by Crippen LogP contribution is 2.23. The number of nitrogen functional groups attached to an aromatic ring is 1. The van der Waals surface area contributed by atoms with Gasteiger partial charge in [0.15, 0.2) is 5.82 Å². The third-order valence-corrected chi connectivity index (χ3v) is 2.33. The van der Waals surface area contributed by atoms with E-state index in [-0.39, 0.29) is 6.04 Å². The summed E-state index contributed by atoms with van der Waals surface area (Å²) < 4.78 is 0. The molecule has 0 spiro atoms. The molecule has 0 aliphatic carbocycles. The van der Waals surface area contributed by atoms with E-state index in [1.165, 1.54) is 0 Å². The number of benzene rings is 1. The summed E-state index contributed by atoms with van der Waals surface area (Å²) in [6.45, 7) is 3.95. The number of nitrogens with two attached hydrogens (primary N) is 1. The molecule has 0 amide bonds. The largest absolute Gasteiger partial charge is 0.397 e. The highest BCUT2D eigenvalue weighted by molar-refractivity contribution is 5.67. The third kappa shape index (κ3) is 2.10. The second kappa shape index (κ2) is 4.18. The lowest BCUT2D eigenvalue weighted by atomic mass is 10.2. The minimum Gasteiger partial charge on any atom is -0.397 e. The Morgan fingerprint density at radius 2 is 2.25 bits per heavy atom. The molecule has 1 atom stereocenters. The van der Waals surface area contributed by atoms with Gasteiger partial charge in [-0.2, -0.15) is 5.21 Å². The van der Waals surface area contributed by atoms with Gasteiger partial charge >= 0.3 is 0 Å². The summed E-state index contributed by atoms with van der Waals surface area (Å²) in [7, 11) is 0. The van der Waals surface area contributed by atoms with E-state index in [0.717, 1.165) is 16.9 Å². The Bertz CT molecular complexity index is 464. The number of tetrazole rings is 1. The molecule has 6 nitrogen and oxygen atoms in total. The lowest BCUT2D eigenvalue weighted by molar-refractivity contribution is 0.794. The van der Waals surface area contributed by atoms with Gasteiger partial charge in [0, 0.05) is 0 Å².